The second-order valence-corrected chi connectivity index (χ2v) is 9.02. The van der Waals surface area contributed by atoms with Crippen LogP contribution in [0.25, 0.3) is 22.4 Å². The van der Waals surface area contributed by atoms with Crippen LogP contribution in [0, 0.1) is 5.92 Å². The third-order valence-corrected chi connectivity index (χ3v) is 6.44. The van der Waals surface area contributed by atoms with Crippen molar-refractivity contribution in [3.8, 4) is 11.4 Å². The van der Waals surface area contributed by atoms with Gasteiger partial charge in [0.2, 0.25) is 0 Å². The normalized spacial score (nSPS) is 17.9. The monoisotopic (exact) mass is 453 g/mol. The molecular formula is C27H27N5O2. The first-order valence-electron chi connectivity index (χ1n) is 11.7. The molecule has 1 fully saturated rings. The molecule has 0 atom stereocenters. The van der Waals surface area contributed by atoms with E-state index in [1.807, 2.05) is 30.3 Å². The molecule has 1 saturated carbocycles. The summed E-state index contributed by atoms with van der Waals surface area (Å²) in [6, 6.07) is 16.6. The number of nitrogens with one attached hydrogen (secondary N) is 3. The van der Waals surface area contributed by atoms with Crippen molar-refractivity contribution in [2.24, 2.45) is 5.92 Å². The maximum Gasteiger partial charge on any atom is 0.255 e. The summed E-state index contributed by atoms with van der Waals surface area (Å²) in [6.07, 6.45) is 7.67. The van der Waals surface area contributed by atoms with Gasteiger partial charge >= 0.3 is 0 Å². The highest BCUT2D eigenvalue weighted by Gasteiger charge is 2.20. The van der Waals surface area contributed by atoms with Gasteiger partial charge in [-0.1, -0.05) is 19.1 Å². The molecular weight excluding hydrogens is 426 g/mol. The number of carbonyl (C=O) groups excluding carboxylic acids is 2. The number of aromatic amines is 1. The Morgan fingerprint density at radius 1 is 0.941 bits per heavy atom. The highest BCUT2D eigenvalue weighted by atomic mass is 16.2. The van der Waals surface area contributed by atoms with Gasteiger partial charge in [0.15, 0.2) is 0 Å². The van der Waals surface area contributed by atoms with E-state index in [9.17, 15) is 9.59 Å². The molecule has 2 aromatic heterocycles. The number of rotatable bonds is 5. The van der Waals surface area contributed by atoms with Gasteiger partial charge in [0.1, 0.15) is 5.82 Å². The first-order chi connectivity index (χ1) is 16.5. The summed E-state index contributed by atoms with van der Waals surface area (Å²) in [7, 11) is 0. The van der Waals surface area contributed by atoms with Gasteiger partial charge in [-0.15, -0.1) is 0 Å². The van der Waals surface area contributed by atoms with Gasteiger partial charge in [0.25, 0.3) is 11.8 Å². The SMILES string of the molecule is CC1CCC(NC(=O)c2ccc3nc(-c4ccc(C(=O)Nc5cccnc5)cc4)[nH]c3c2)CC1. The number of H-pyrrole nitrogens is 1. The third kappa shape index (κ3) is 4.83. The van der Waals surface area contributed by atoms with Crippen molar-refractivity contribution in [1.82, 2.24) is 20.3 Å². The summed E-state index contributed by atoms with van der Waals surface area (Å²) in [5.41, 5.74) is 4.27. The van der Waals surface area contributed by atoms with Gasteiger partial charge in [-0.25, -0.2) is 4.98 Å². The van der Waals surface area contributed by atoms with E-state index in [1.165, 1.54) is 0 Å². The van der Waals surface area contributed by atoms with E-state index in [-0.39, 0.29) is 17.9 Å². The fourth-order valence-electron chi connectivity index (χ4n) is 4.38. The van der Waals surface area contributed by atoms with Crippen LogP contribution >= 0.6 is 0 Å². The Labute approximate surface area is 198 Å². The number of benzene rings is 2. The van der Waals surface area contributed by atoms with Gasteiger partial charge in [0, 0.05) is 28.9 Å². The molecule has 3 N–H and O–H groups in total. The molecule has 34 heavy (non-hydrogen) atoms. The molecule has 1 aliphatic rings. The number of anilines is 1. The van der Waals surface area contributed by atoms with Crippen LogP contribution in [0.3, 0.4) is 0 Å². The summed E-state index contributed by atoms with van der Waals surface area (Å²) < 4.78 is 0. The summed E-state index contributed by atoms with van der Waals surface area (Å²) >= 11 is 0. The van der Waals surface area contributed by atoms with Crippen molar-refractivity contribution in [3.63, 3.8) is 0 Å². The highest BCUT2D eigenvalue weighted by Crippen LogP contribution is 2.25. The van der Waals surface area contributed by atoms with Gasteiger partial charge in [0.05, 0.1) is 22.9 Å². The van der Waals surface area contributed by atoms with Crippen LogP contribution in [0.5, 0.6) is 0 Å². The molecule has 0 radical (unpaired) electrons. The maximum absolute atomic E-state index is 12.8. The quantitative estimate of drug-likeness (QED) is 0.387. The molecule has 0 spiro atoms. The lowest BCUT2D eigenvalue weighted by Crippen LogP contribution is -2.37. The molecule has 0 bridgehead atoms. The summed E-state index contributed by atoms with van der Waals surface area (Å²) in [6.45, 7) is 2.27. The zero-order valence-electron chi connectivity index (χ0n) is 19.0. The number of carbonyl (C=O) groups is 2. The van der Waals surface area contributed by atoms with Gasteiger partial charge in [-0.3, -0.25) is 14.6 Å². The number of fused-ring (bicyclic) bond motifs is 1. The fourth-order valence-corrected chi connectivity index (χ4v) is 4.38. The lowest BCUT2D eigenvalue weighted by molar-refractivity contribution is 0.0922. The first kappa shape index (κ1) is 21.8. The average molecular weight is 454 g/mol. The Hall–Kier alpha value is -4.00. The van der Waals surface area contributed by atoms with E-state index in [1.54, 1.807) is 36.7 Å². The predicted octanol–water partition coefficient (Wildman–Crippen LogP) is 5.19. The molecule has 4 aromatic rings. The van der Waals surface area contributed by atoms with Crippen molar-refractivity contribution in [3.05, 3.63) is 78.1 Å². The molecule has 7 nitrogen and oxygen atoms in total. The zero-order valence-corrected chi connectivity index (χ0v) is 19.0. The number of hydrogen-bond acceptors (Lipinski definition) is 4. The molecule has 7 heteroatoms. The van der Waals surface area contributed by atoms with Crippen molar-refractivity contribution in [2.75, 3.05) is 5.32 Å². The maximum atomic E-state index is 12.8. The van der Waals surface area contributed by atoms with Crippen LogP contribution in [-0.4, -0.2) is 32.8 Å². The minimum absolute atomic E-state index is 0.0402. The largest absolute Gasteiger partial charge is 0.349 e. The van der Waals surface area contributed by atoms with Crippen LogP contribution in [0.1, 0.15) is 53.3 Å². The predicted molar refractivity (Wildman–Crippen MR) is 133 cm³/mol. The lowest BCUT2D eigenvalue weighted by atomic mass is 9.87. The third-order valence-electron chi connectivity index (χ3n) is 6.44. The van der Waals surface area contributed by atoms with Crippen LogP contribution < -0.4 is 10.6 Å². The highest BCUT2D eigenvalue weighted by molar-refractivity contribution is 6.04. The molecule has 0 unspecified atom stereocenters. The second kappa shape index (κ2) is 9.47. The van der Waals surface area contributed by atoms with Crippen molar-refractivity contribution in [2.45, 2.75) is 38.6 Å². The van der Waals surface area contributed by atoms with Gasteiger partial charge in [-0.2, -0.15) is 0 Å². The summed E-state index contributed by atoms with van der Waals surface area (Å²) in [4.78, 5) is 37.2. The smallest absolute Gasteiger partial charge is 0.255 e. The molecule has 5 rings (SSSR count). The Balaban J connectivity index is 1.28. The average Bonchev–Trinajstić information content (AvgIpc) is 3.30. The molecule has 1 aliphatic carbocycles. The Morgan fingerprint density at radius 3 is 2.44 bits per heavy atom. The Bertz CT molecular complexity index is 1310. The van der Waals surface area contributed by atoms with E-state index in [4.69, 9.17) is 0 Å². The zero-order chi connectivity index (χ0) is 23.5. The number of imidazole rings is 1. The van der Waals surface area contributed by atoms with Crippen molar-refractivity contribution < 1.29 is 9.59 Å². The number of aromatic nitrogens is 3. The minimum Gasteiger partial charge on any atom is -0.349 e. The second-order valence-electron chi connectivity index (χ2n) is 9.02. The molecule has 2 amide bonds. The molecule has 0 aliphatic heterocycles. The fraction of sp³-hybridized carbons (Fsp3) is 0.259. The Morgan fingerprint density at radius 2 is 1.71 bits per heavy atom. The number of hydrogen-bond donors (Lipinski definition) is 3. The minimum atomic E-state index is -0.202. The van der Waals surface area contributed by atoms with Crippen molar-refractivity contribution in [1.29, 1.82) is 0 Å². The lowest BCUT2D eigenvalue weighted by Gasteiger charge is -2.26. The standard InChI is InChI=1S/C27H27N5O2/c1-17-4-11-21(12-5-17)29-27(34)20-10-13-23-24(15-20)32-25(31-23)18-6-8-19(9-7-18)26(33)30-22-3-2-14-28-16-22/h2-3,6-10,13-17,21H,4-5,11-12H2,1H3,(H,29,34)(H,30,33)(H,31,32). The summed E-state index contributed by atoms with van der Waals surface area (Å²) in [5, 5.41) is 6.00. The van der Waals surface area contributed by atoms with Crippen LogP contribution in [-0.2, 0) is 0 Å². The molecule has 2 heterocycles. The number of pyridine rings is 1. The summed E-state index contributed by atoms with van der Waals surface area (Å²) in [5.74, 6) is 1.19. The van der Waals surface area contributed by atoms with E-state index in [2.05, 4.69) is 32.5 Å². The van der Waals surface area contributed by atoms with E-state index in [0.717, 1.165) is 48.2 Å². The van der Waals surface area contributed by atoms with Crippen LogP contribution in [0.15, 0.2) is 67.0 Å². The molecule has 2 aromatic carbocycles. The Kier molecular flexibility index (Phi) is 6.08. The number of nitrogens with zero attached hydrogens (tertiary/aromatic N) is 2. The number of amides is 2. The molecule has 0 saturated heterocycles. The van der Waals surface area contributed by atoms with Crippen molar-refractivity contribution >= 4 is 28.5 Å². The topological polar surface area (TPSA) is 99.8 Å². The van der Waals surface area contributed by atoms with E-state index >= 15 is 0 Å². The van der Waals surface area contributed by atoms with E-state index < -0.39 is 0 Å². The van der Waals surface area contributed by atoms with Crippen LogP contribution in [0.2, 0.25) is 0 Å². The van der Waals surface area contributed by atoms with Gasteiger partial charge in [-0.05, 0) is 74.1 Å². The van der Waals surface area contributed by atoms with Gasteiger partial charge < -0.3 is 15.6 Å². The van der Waals surface area contributed by atoms with E-state index in [0.29, 0.717) is 22.6 Å². The first-order valence-corrected chi connectivity index (χ1v) is 11.7. The molecule has 172 valence electrons. The van der Waals surface area contributed by atoms with Crippen LogP contribution in [0.4, 0.5) is 5.69 Å².